The van der Waals surface area contributed by atoms with Crippen LogP contribution in [-0.4, -0.2) is 17.5 Å². The molecular formula is H2Cl4CuO4STi. The Bertz CT molecular complexity index is 157. The van der Waals surface area contributed by atoms with Crippen LogP contribution >= 0.6 is 37.2 Å². The third kappa shape index (κ3) is 252. The fourth-order valence-corrected chi connectivity index (χ4v) is 0. The molecule has 0 heterocycles. The molecule has 0 unspecified atom stereocenters. The first-order valence-electron chi connectivity index (χ1n) is 1.45. The first-order valence-corrected chi connectivity index (χ1v) is 11.4. The molecule has 0 fully saturated rings. The van der Waals surface area contributed by atoms with Crippen LogP contribution in [0.4, 0.5) is 0 Å². The van der Waals surface area contributed by atoms with Crippen LogP contribution in [0, 0.1) is 0 Å². The molecule has 0 aliphatic heterocycles. The minimum absolute atomic E-state index is 0. The van der Waals surface area contributed by atoms with E-state index in [1.54, 1.807) is 0 Å². The van der Waals surface area contributed by atoms with Gasteiger partial charge in [-0.05, 0) is 0 Å². The molecule has 0 saturated heterocycles. The van der Waals surface area contributed by atoms with Crippen molar-refractivity contribution in [3.05, 3.63) is 0 Å². The Labute approximate surface area is 93.4 Å². The number of rotatable bonds is 0. The molecule has 75 valence electrons. The van der Waals surface area contributed by atoms with Crippen molar-refractivity contribution in [2.45, 2.75) is 0 Å². The maximum Gasteiger partial charge on any atom is 0 e. The van der Waals surface area contributed by atoms with Gasteiger partial charge in [-0.25, -0.2) is 0 Å². The van der Waals surface area contributed by atoms with Crippen LogP contribution in [-0.2, 0) is 39.8 Å². The van der Waals surface area contributed by atoms with Crippen LogP contribution in [0.1, 0.15) is 0 Å². The van der Waals surface area contributed by atoms with E-state index in [4.69, 9.17) is 54.7 Å². The molecule has 0 aromatic rings. The summed E-state index contributed by atoms with van der Waals surface area (Å²) < 4.78 is 31.6. The van der Waals surface area contributed by atoms with Gasteiger partial charge in [0.25, 0.3) is 0 Å². The molecule has 2 N–H and O–H groups in total. The average Bonchev–Trinajstić information content (AvgIpc) is 1.12. The molecule has 0 aliphatic rings. The molecular weight excluding hydrogens is 349 g/mol. The third-order valence-corrected chi connectivity index (χ3v) is 0. The summed E-state index contributed by atoms with van der Waals surface area (Å²) >= 11 is -3.11. The van der Waals surface area contributed by atoms with Crippen molar-refractivity contribution >= 4 is 47.6 Å². The molecule has 0 atom stereocenters. The Morgan fingerprint density at radius 1 is 1.00 bits per heavy atom. The van der Waals surface area contributed by atoms with Crippen LogP contribution in [0.5, 0.6) is 0 Å². The summed E-state index contributed by atoms with van der Waals surface area (Å²) in [5, 5.41) is 0. The first kappa shape index (κ1) is 18.9. The zero-order valence-corrected chi connectivity index (χ0v) is 10.8. The molecule has 0 saturated carbocycles. The van der Waals surface area contributed by atoms with Crippen molar-refractivity contribution in [2.75, 3.05) is 0 Å². The Kier molecular flexibility index (Phi) is 13.2. The normalized spacial score (nSPS) is 10.7. The smallest absolute Gasteiger partial charge is 0 e. The molecule has 0 aromatic heterocycles. The van der Waals surface area contributed by atoms with Gasteiger partial charge in [-0.3, -0.25) is 9.11 Å². The van der Waals surface area contributed by atoms with Crippen LogP contribution in [0.3, 0.4) is 0 Å². The van der Waals surface area contributed by atoms with Gasteiger partial charge in [0.1, 0.15) is 0 Å². The van der Waals surface area contributed by atoms with Crippen molar-refractivity contribution < 1.29 is 46.9 Å². The van der Waals surface area contributed by atoms with E-state index in [1.165, 1.54) is 0 Å². The van der Waals surface area contributed by atoms with Crippen molar-refractivity contribution in [2.24, 2.45) is 0 Å². The molecule has 0 aromatic carbocycles. The Hall–Kier alpha value is 2.26. The van der Waals surface area contributed by atoms with Crippen LogP contribution < -0.4 is 0 Å². The number of hydrogen-bond acceptors (Lipinski definition) is 2. The molecule has 0 bridgehead atoms. The van der Waals surface area contributed by atoms with Crippen molar-refractivity contribution in [1.29, 1.82) is 0 Å². The second-order valence-corrected chi connectivity index (χ2v) is 17.2. The topological polar surface area (TPSA) is 74.6 Å². The fraction of sp³-hybridized carbons (Fsp3) is 0. The van der Waals surface area contributed by atoms with Gasteiger partial charge < -0.3 is 0 Å². The van der Waals surface area contributed by atoms with Crippen molar-refractivity contribution in [3.8, 4) is 0 Å². The van der Waals surface area contributed by atoms with E-state index in [9.17, 15) is 0 Å². The predicted octanol–water partition coefficient (Wildman–Crippen LogP) is 2.10. The Morgan fingerprint density at radius 2 is 1.00 bits per heavy atom. The molecule has 11 heteroatoms. The summed E-state index contributed by atoms with van der Waals surface area (Å²) in [5.41, 5.74) is 0. The van der Waals surface area contributed by atoms with E-state index in [1.807, 2.05) is 0 Å². The second kappa shape index (κ2) is 7.65. The van der Waals surface area contributed by atoms with Gasteiger partial charge in [-0.15, -0.1) is 0 Å². The van der Waals surface area contributed by atoms with Gasteiger partial charge in [0.05, 0.1) is 0 Å². The standard InChI is InChI=1S/4ClH.Cu.H2O4S.Ti/c;;;;;1-5(2,3)4;/h4*1H;;(H2,1,2,3,4);/q;;;;;;+4/p-4. The van der Waals surface area contributed by atoms with Gasteiger partial charge in [0, 0.05) is 17.1 Å². The van der Waals surface area contributed by atoms with Crippen LogP contribution in [0.25, 0.3) is 0 Å². The van der Waals surface area contributed by atoms with Crippen LogP contribution in [0.2, 0.25) is 0 Å². The summed E-state index contributed by atoms with van der Waals surface area (Å²) in [5.74, 6) is 0. The zero-order chi connectivity index (χ0) is 9.00. The summed E-state index contributed by atoms with van der Waals surface area (Å²) in [7, 11) is 15.4. The average molecular weight is 351 g/mol. The van der Waals surface area contributed by atoms with E-state index < -0.39 is 22.7 Å². The fourth-order valence-electron chi connectivity index (χ4n) is 0. The monoisotopic (exact) mass is 349 g/mol. The zero-order valence-electron chi connectivity index (χ0n) is 4.43. The molecule has 0 aliphatic carbocycles. The molecule has 0 spiro atoms. The number of hydrogen-bond donors (Lipinski definition) is 2. The van der Waals surface area contributed by atoms with Gasteiger partial charge in [-0.1, -0.05) is 0 Å². The molecule has 0 amide bonds. The minimum Gasteiger partial charge on any atom is 0 e. The second-order valence-electron chi connectivity index (χ2n) is 0.876. The first-order chi connectivity index (χ1) is 4.00. The number of halogens is 4. The maximum absolute atomic E-state index is 8.74. The third-order valence-electron chi connectivity index (χ3n) is 0. The van der Waals surface area contributed by atoms with E-state index in [-0.39, 0.29) is 17.1 Å². The van der Waals surface area contributed by atoms with Crippen molar-refractivity contribution in [3.63, 3.8) is 0 Å². The van der Waals surface area contributed by atoms with E-state index in [0.717, 1.165) is 0 Å². The SMILES string of the molecule is O=S(=O)(O)O.[Cl][Ti]([Cl])([Cl])[Cl].[Cu]. The predicted molar refractivity (Wildman–Crippen MR) is 37.6 cm³/mol. The van der Waals surface area contributed by atoms with E-state index in [0.29, 0.717) is 0 Å². The quantitative estimate of drug-likeness (QED) is 0.518. The maximum atomic E-state index is 8.74. The summed E-state index contributed by atoms with van der Waals surface area (Å²) in [6.07, 6.45) is 0. The molecule has 4 nitrogen and oxygen atoms in total. The summed E-state index contributed by atoms with van der Waals surface area (Å²) in [6, 6.07) is 0. The van der Waals surface area contributed by atoms with Gasteiger partial charge in [0.15, 0.2) is 0 Å². The molecule has 0 rings (SSSR count). The van der Waals surface area contributed by atoms with Gasteiger partial charge in [-0.2, -0.15) is 8.42 Å². The minimum atomic E-state index is -4.67. The Morgan fingerprint density at radius 3 is 1.00 bits per heavy atom. The van der Waals surface area contributed by atoms with E-state index >= 15 is 0 Å². The van der Waals surface area contributed by atoms with E-state index in [2.05, 4.69) is 0 Å². The summed E-state index contributed by atoms with van der Waals surface area (Å²) in [6.45, 7) is 0. The van der Waals surface area contributed by atoms with Gasteiger partial charge in [0.2, 0.25) is 0 Å². The van der Waals surface area contributed by atoms with Crippen LogP contribution in [0.15, 0.2) is 0 Å². The van der Waals surface area contributed by atoms with Gasteiger partial charge >= 0.3 is 60.0 Å². The molecule has 1 radical (unpaired) electrons. The largest absolute Gasteiger partial charge is 0 e. The Balaban J connectivity index is -0.000000107. The summed E-state index contributed by atoms with van der Waals surface area (Å²) in [4.78, 5) is 0. The van der Waals surface area contributed by atoms with Crippen molar-refractivity contribution in [1.82, 2.24) is 0 Å². The molecule has 11 heavy (non-hydrogen) atoms.